The highest BCUT2D eigenvalue weighted by molar-refractivity contribution is 5.94. The van der Waals surface area contributed by atoms with Crippen LogP contribution in [0.4, 0.5) is 0 Å². The van der Waals surface area contributed by atoms with Gasteiger partial charge in [-0.15, -0.1) is 0 Å². The number of amides is 1. The Hall–Kier alpha value is -3.48. The monoisotopic (exact) mass is 407 g/mol. The molecule has 0 fully saturated rings. The molecule has 1 atom stereocenters. The van der Waals surface area contributed by atoms with E-state index in [9.17, 15) is 19.2 Å². The van der Waals surface area contributed by atoms with E-state index >= 15 is 0 Å². The zero-order valence-corrected chi connectivity index (χ0v) is 17.6. The fraction of sp³-hybridized carbons (Fsp3) is 0.304. The van der Waals surface area contributed by atoms with Gasteiger partial charge in [0.2, 0.25) is 5.91 Å². The van der Waals surface area contributed by atoms with Gasteiger partial charge in [0.25, 0.3) is 5.56 Å². The minimum absolute atomic E-state index is 0.0215. The summed E-state index contributed by atoms with van der Waals surface area (Å²) in [5.41, 5.74) is 1.03. The van der Waals surface area contributed by atoms with E-state index in [1.165, 1.54) is 11.5 Å². The Morgan fingerprint density at radius 1 is 1.07 bits per heavy atom. The van der Waals surface area contributed by atoms with Crippen LogP contribution in [-0.4, -0.2) is 26.9 Å². The summed E-state index contributed by atoms with van der Waals surface area (Å²) in [7, 11) is 0. The minimum Gasteiger partial charge on any atom is -0.352 e. The van der Waals surface area contributed by atoms with Gasteiger partial charge in [-0.05, 0) is 63.6 Å². The van der Waals surface area contributed by atoms with Gasteiger partial charge in [0.15, 0.2) is 5.78 Å². The molecule has 0 bridgehead atoms. The highest BCUT2D eigenvalue weighted by Gasteiger charge is 2.17. The highest BCUT2D eigenvalue weighted by atomic mass is 16.2. The van der Waals surface area contributed by atoms with E-state index in [0.29, 0.717) is 22.2 Å². The van der Waals surface area contributed by atoms with E-state index < -0.39 is 11.2 Å². The molecule has 0 radical (unpaired) electrons. The molecule has 7 heteroatoms. The molecule has 0 aliphatic carbocycles. The molecule has 1 heterocycles. The second kappa shape index (κ2) is 8.49. The zero-order chi connectivity index (χ0) is 22.0. The van der Waals surface area contributed by atoms with E-state index in [1.54, 1.807) is 42.5 Å². The highest BCUT2D eigenvalue weighted by Crippen LogP contribution is 2.13. The first-order valence-electron chi connectivity index (χ1n) is 9.90. The van der Waals surface area contributed by atoms with Crippen molar-refractivity contribution in [2.75, 3.05) is 0 Å². The number of Topliss-reactive ketones (excluding diaryl/α,β-unsaturated/α-hetero) is 1. The second-order valence-corrected chi connectivity index (χ2v) is 7.51. The molecule has 0 unspecified atom stereocenters. The number of benzene rings is 2. The molecule has 1 N–H and O–H groups in total. The predicted molar refractivity (Wildman–Crippen MR) is 116 cm³/mol. The summed E-state index contributed by atoms with van der Waals surface area (Å²) >= 11 is 0. The fourth-order valence-corrected chi connectivity index (χ4v) is 3.28. The number of nitrogens with zero attached hydrogens (tertiary/aromatic N) is 2. The molecule has 3 rings (SSSR count). The minimum atomic E-state index is -0.605. The quantitative estimate of drug-likeness (QED) is 0.636. The van der Waals surface area contributed by atoms with Crippen molar-refractivity contribution in [3.63, 3.8) is 0 Å². The number of aromatic nitrogens is 2. The molecule has 7 nitrogen and oxygen atoms in total. The van der Waals surface area contributed by atoms with Crippen molar-refractivity contribution < 1.29 is 9.59 Å². The summed E-state index contributed by atoms with van der Waals surface area (Å²) in [6.07, 6.45) is 0.766. The molecule has 2 aromatic carbocycles. The predicted octanol–water partition coefficient (Wildman–Crippen LogP) is 2.58. The van der Waals surface area contributed by atoms with Gasteiger partial charge in [0.1, 0.15) is 6.54 Å². The number of fused-ring (bicyclic) bond motifs is 1. The summed E-state index contributed by atoms with van der Waals surface area (Å²) in [6.45, 7) is 6.95. The number of rotatable bonds is 6. The molecule has 156 valence electrons. The van der Waals surface area contributed by atoms with Crippen LogP contribution in [0.25, 0.3) is 16.6 Å². The summed E-state index contributed by atoms with van der Waals surface area (Å²) in [6, 6.07) is 11.4. The van der Waals surface area contributed by atoms with E-state index in [1.807, 2.05) is 20.8 Å². The molecular formula is C23H25N3O4. The number of hydrogen-bond donors (Lipinski definition) is 1. The van der Waals surface area contributed by atoms with Crippen LogP contribution in [0.5, 0.6) is 0 Å². The molecule has 1 aromatic heterocycles. The third-order valence-corrected chi connectivity index (χ3v) is 5.15. The summed E-state index contributed by atoms with van der Waals surface area (Å²) < 4.78 is 2.36. The van der Waals surface area contributed by atoms with Gasteiger partial charge in [-0.2, -0.15) is 0 Å². The average Bonchev–Trinajstić information content (AvgIpc) is 2.71. The lowest BCUT2D eigenvalue weighted by Gasteiger charge is -2.16. The maximum atomic E-state index is 13.3. The Labute approximate surface area is 174 Å². The Bertz CT molecular complexity index is 1240. The van der Waals surface area contributed by atoms with Crippen LogP contribution in [0.3, 0.4) is 0 Å². The van der Waals surface area contributed by atoms with Crippen molar-refractivity contribution in [2.24, 2.45) is 0 Å². The molecule has 0 saturated heterocycles. The first-order chi connectivity index (χ1) is 14.2. The largest absolute Gasteiger partial charge is 0.352 e. The van der Waals surface area contributed by atoms with Gasteiger partial charge in [-0.25, -0.2) is 9.36 Å². The fourth-order valence-electron chi connectivity index (χ4n) is 3.28. The van der Waals surface area contributed by atoms with Crippen molar-refractivity contribution in [3.8, 4) is 5.69 Å². The Morgan fingerprint density at radius 2 is 1.73 bits per heavy atom. The second-order valence-electron chi connectivity index (χ2n) is 7.51. The van der Waals surface area contributed by atoms with Crippen molar-refractivity contribution in [1.29, 1.82) is 0 Å². The lowest BCUT2D eigenvalue weighted by atomic mass is 10.1. The lowest BCUT2D eigenvalue weighted by Crippen LogP contribution is -2.43. The van der Waals surface area contributed by atoms with Crippen LogP contribution in [-0.2, 0) is 11.3 Å². The van der Waals surface area contributed by atoms with Crippen molar-refractivity contribution in [3.05, 3.63) is 74.4 Å². The topological polar surface area (TPSA) is 90.2 Å². The Balaban J connectivity index is 2.23. The van der Waals surface area contributed by atoms with Gasteiger partial charge in [0.05, 0.1) is 16.6 Å². The number of ketones is 1. The van der Waals surface area contributed by atoms with Crippen LogP contribution in [0.2, 0.25) is 0 Å². The maximum Gasteiger partial charge on any atom is 0.336 e. The van der Waals surface area contributed by atoms with Gasteiger partial charge < -0.3 is 5.32 Å². The molecule has 30 heavy (non-hydrogen) atoms. The summed E-state index contributed by atoms with van der Waals surface area (Å²) in [5.74, 6) is -0.410. The molecule has 0 spiro atoms. The van der Waals surface area contributed by atoms with Gasteiger partial charge >= 0.3 is 5.69 Å². The van der Waals surface area contributed by atoms with Gasteiger partial charge in [-0.1, -0.05) is 18.6 Å². The number of carbonyl (C=O) groups excluding carboxylic acids is 2. The van der Waals surface area contributed by atoms with Crippen molar-refractivity contribution in [1.82, 2.24) is 14.5 Å². The van der Waals surface area contributed by atoms with Crippen molar-refractivity contribution >= 4 is 22.6 Å². The summed E-state index contributed by atoms with van der Waals surface area (Å²) in [5, 5.41) is 3.20. The van der Waals surface area contributed by atoms with Crippen LogP contribution in [0.15, 0.2) is 52.1 Å². The van der Waals surface area contributed by atoms with Crippen LogP contribution >= 0.6 is 0 Å². The summed E-state index contributed by atoms with van der Waals surface area (Å²) in [4.78, 5) is 50.5. The SMILES string of the molecule is CC[C@H](C)NC(=O)Cn1c(=O)n(-c2ccc(C(C)=O)cc2)c(=O)c2cc(C)ccc21. The number of carbonyl (C=O) groups is 2. The first kappa shape index (κ1) is 21.2. The van der Waals surface area contributed by atoms with E-state index in [4.69, 9.17) is 0 Å². The number of hydrogen-bond acceptors (Lipinski definition) is 4. The molecule has 1 amide bonds. The van der Waals surface area contributed by atoms with E-state index in [2.05, 4.69) is 5.32 Å². The van der Waals surface area contributed by atoms with E-state index in [-0.39, 0.29) is 24.3 Å². The number of aryl methyl sites for hydroxylation is 1. The molecular weight excluding hydrogens is 382 g/mol. The maximum absolute atomic E-state index is 13.3. The van der Waals surface area contributed by atoms with Gasteiger partial charge in [0, 0.05) is 11.6 Å². The third-order valence-electron chi connectivity index (χ3n) is 5.15. The van der Waals surface area contributed by atoms with Crippen molar-refractivity contribution in [2.45, 2.75) is 46.7 Å². The Morgan fingerprint density at radius 3 is 2.33 bits per heavy atom. The van der Waals surface area contributed by atoms with Crippen LogP contribution in [0, 0.1) is 6.92 Å². The zero-order valence-electron chi connectivity index (χ0n) is 17.6. The molecule has 0 aliphatic rings. The normalized spacial score (nSPS) is 12.0. The lowest BCUT2D eigenvalue weighted by molar-refractivity contribution is -0.122. The molecule has 0 aliphatic heterocycles. The average molecular weight is 407 g/mol. The molecule has 0 saturated carbocycles. The smallest absolute Gasteiger partial charge is 0.336 e. The number of nitrogens with one attached hydrogen (secondary N) is 1. The standard InChI is InChI=1S/C23H25N3O4/c1-5-15(3)24-21(28)13-25-20-11-6-14(2)12-19(20)22(29)26(23(25)30)18-9-7-17(8-10-18)16(4)27/h6-12,15H,5,13H2,1-4H3,(H,24,28)/t15-/m0/s1. The first-order valence-corrected chi connectivity index (χ1v) is 9.90. The third kappa shape index (κ3) is 4.10. The molecule has 3 aromatic rings. The van der Waals surface area contributed by atoms with Crippen LogP contribution < -0.4 is 16.6 Å². The van der Waals surface area contributed by atoms with E-state index in [0.717, 1.165) is 16.6 Å². The Kier molecular flexibility index (Phi) is 6.01. The van der Waals surface area contributed by atoms with Gasteiger partial charge in [-0.3, -0.25) is 19.0 Å². The van der Waals surface area contributed by atoms with Crippen LogP contribution in [0.1, 0.15) is 43.1 Å².